The van der Waals surface area contributed by atoms with E-state index < -0.39 is 0 Å². The molecule has 0 aliphatic heterocycles. The van der Waals surface area contributed by atoms with Crippen LogP contribution in [0.5, 0.6) is 0 Å². The van der Waals surface area contributed by atoms with Crippen molar-refractivity contribution in [2.24, 2.45) is 0 Å². The molecule has 0 aliphatic rings. The van der Waals surface area contributed by atoms with Crippen LogP contribution in [0.2, 0.25) is 0 Å². The number of benzene rings is 1. The first-order chi connectivity index (χ1) is 7.42. The number of aliphatic hydroxyl groups excluding tert-OH is 1. The van der Waals surface area contributed by atoms with Crippen LogP contribution >= 0.6 is 0 Å². The van der Waals surface area contributed by atoms with Gasteiger partial charge in [0, 0.05) is 24.6 Å². The van der Waals surface area contributed by atoms with E-state index in [4.69, 9.17) is 5.11 Å². The lowest BCUT2D eigenvalue weighted by Gasteiger charge is -2.05. The lowest BCUT2D eigenvalue weighted by Crippen LogP contribution is -1.93. The SMILES string of the molecule is OCCCc1ccccc1-c1ncc[nH]1. The minimum absolute atomic E-state index is 0.229. The second kappa shape index (κ2) is 4.75. The molecule has 0 amide bonds. The van der Waals surface area contributed by atoms with E-state index in [1.165, 1.54) is 5.56 Å². The number of rotatable bonds is 4. The van der Waals surface area contributed by atoms with Crippen molar-refractivity contribution in [2.45, 2.75) is 12.8 Å². The van der Waals surface area contributed by atoms with Crippen LogP contribution in [0.4, 0.5) is 0 Å². The van der Waals surface area contributed by atoms with Gasteiger partial charge in [0.05, 0.1) is 0 Å². The minimum Gasteiger partial charge on any atom is -0.396 e. The molecule has 0 atom stereocenters. The van der Waals surface area contributed by atoms with E-state index in [-0.39, 0.29) is 6.61 Å². The first-order valence-electron chi connectivity index (χ1n) is 5.10. The first-order valence-corrected chi connectivity index (χ1v) is 5.10. The summed E-state index contributed by atoms with van der Waals surface area (Å²) in [7, 11) is 0. The molecule has 3 nitrogen and oxygen atoms in total. The summed E-state index contributed by atoms with van der Waals surface area (Å²) in [5.41, 5.74) is 2.34. The van der Waals surface area contributed by atoms with Crippen LogP contribution in [-0.2, 0) is 6.42 Å². The third kappa shape index (κ3) is 2.25. The smallest absolute Gasteiger partial charge is 0.137 e. The van der Waals surface area contributed by atoms with Crippen molar-refractivity contribution >= 4 is 0 Å². The molecule has 1 heterocycles. The van der Waals surface area contributed by atoms with E-state index in [0.717, 1.165) is 24.2 Å². The molecule has 3 heteroatoms. The summed E-state index contributed by atoms with van der Waals surface area (Å²) in [5.74, 6) is 0.892. The molecule has 0 saturated carbocycles. The van der Waals surface area contributed by atoms with Crippen LogP contribution in [0, 0.1) is 0 Å². The molecule has 0 saturated heterocycles. The maximum Gasteiger partial charge on any atom is 0.137 e. The van der Waals surface area contributed by atoms with Crippen molar-refractivity contribution < 1.29 is 5.11 Å². The molecular formula is C12H14N2O. The van der Waals surface area contributed by atoms with Gasteiger partial charge in [-0.25, -0.2) is 4.98 Å². The van der Waals surface area contributed by atoms with E-state index in [1.54, 1.807) is 6.20 Å². The number of hydrogen-bond acceptors (Lipinski definition) is 2. The summed E-state index contributed by atoms with van der Waals surface area (Å²) in [4.78, 5) is 7.33. The highest BCUT2D eigenvalue weighted by molar-refractivity contribution is 5.59. The Bertz CT molecular complexity index is 409. The molecule has 0 spiro atoms. The first kappa shape index (κ1) is 9.93. The Balaban J connectivity index is 2.30. The lowest BCUT2D eigenvalue weighted by atomic mass is 10.0. The number of imidazole rings is 1. The van der Waals surface area contributed by atoms with Gasteiger partial charge in [0.15, 0.2) is 0 Å². The Labute approximate surface area is 88.8 Å². The molecule has 0 bridgehead atoms. The quantitative estimate of drug-likeness (QED) is 0.796. The fraction of sp³-hybridized carbons (Fsp3) is 0.250. The Kier molecular flexibility index (Phi) is 3.15. The van der Waals surface area contributed by atoms with E-state index >= 15 is 0 Å². The predicted octanol–water partition coefficient (Wildman–Crippen LogP) is 2.00. The number of aryl methyl sites for hydroxylation is 1. The van der Waals surface area contributed by atoms with Gasteiger partial charge in [-0.15, -0.1) is 0 Å². The van der Waals surface area contributed by atoms with Crippen molar-refractivity contribution in [3.63, 3.8) is 0 Å². The van der Waals surface area contributed by atoms with Crippen molar-refractivity contribution in [3.05, 3.63) is 42.2 Å². The molecule has 0 radical (unpaired) electrons. The number of nitrogens with one attached hydrogen (secondary N) is 1. The Morgan fingerprint density at radius 3 is 2.87 bits per heavy atom. The zero-order chi connectivity index (χ0) is 10.5. The highest BCUT2D eigenvalue weighted by Gasteiger charge is 2.05. The Morgan fingerprint density at radius 1 is 1.27 bits per heavy atom. The summed E-state index contributed by atoms with van der Waals surface area (Å²) >= 11 is 0. The Morgan fingerprint density at radius 2 is 2.13 bits per heavy atom. The maximum absolute atomic E-state index is 8.83. The fourth-order valence-electron chi connectivity index (χ4n) is 1.65. The van der Waals surface area contributed by atoms with E-state index in [9.17, 15) is 0 Å². The highest BCUT2D eigenvalue weighted by atomic mass is 16.2. The Hall–Kier alpha value is -1.61. The van der Waals surface area contributed by atoms with E-state index in [2.05, 4.69) is 16.0 Å². The normalized spacial score (nSPS) is 10.5. The molecule has 2 rings (SSSR count). The topological polar surface area (TPSA) is 48.9 Å². The van der Waals surface area contributed by atoms with Gasteiger partial charge in [0.1, 0.15) is 5.82 Å². The zero-order valence-corrected chi connectivity index (χ0v) is 8.48. The number of aliphatic hydroxyl groups is 1. The molecule has 15 heavy (non-hydrogen) atoms. The van der Waals surface area contributed by atoms with Gasteiger partial charge >= 0.3 is 0 Å². The fourth-order valence-corrected chi connectivity index (χ4v) is 1.65. The molecule has 2 N–H and O–H groups in total. The van der Waals surface area contributed by atoms with Crippen LogP contribution in [0.15, 0.2) is 36.7 Å². The number of hydrogen-bond donors (Lipinski definition) is 2. The summed E-state index contributed by atoms with van der Waals surface area (Å²) in [5, 5.41) is 8.83. The molecule has 0 unspecified atom stereocenters. The number of aromatic nitrogens is 2. The molecule has 1 aromatic carbocycles. The van der Waals surface area contributed by atoms with Crippen molar-refractivity contribution in [2.75, 3.05) is 6.61 Å². The summed E-state index contributed by atoms with van der Waals surface area (Å²) < 4.78 is 0. The van der Waals surface area contributed by atoms with Gasteiger partial charge in [-0.2, -0.15) is 0 Å². The lowest BCUT2D eigenvalue weighted by molar-refractivity contribution is 0.288. The van der Waals surface area contributed by atoms with Gasteiger partial charge in [-0.05, 0) is 18.4 Å². The predicted molar refractivity (Wildman–Crippen MR) is 59.4 cm³/mol. The summed E-state index contributed by atoms with van der Waals surface area (Å²) in [6.07, 6.45) is 5.24. The van der Waals surface area contributed by atoms with Crippen molar-refractivity contribution in [3.8, 4) is 11.4 Å². The number of nitrogens with zero attached hydrogens (tertiary/aromatic N) is 1. The van der Waals surface area contributed by atoms with Crippen molar-refractivity contribution in [1.82, 2.24) is 9.97 Å². The number of H-pyrrole nitrogens is 1. The van der Waals surface area contributed by atoms with Crippen molar-refractivity contribution in [1.29, 1.82) is 0 Å². The van der Waals surface area contributed by atoms with E-state index in [1.807, 2.05) is 24.4 Å². The average Bonchev–Trinajstić information content (AvgIpc) is 2.80. The molecule has 2 aromatic rings. The average molecular weight is 202 g/mol. The van der Waals surface area contributed by atoms with E-state index in [0.29, 0.717) is 0 Å². The van der Waals surface area contributed by atoms with Gasteiger partial charge in [-0.1, -0.05) is 24.3 Å². The van der Waals surface area contributed by atoms with Gasteiger partial charge in [-0.3, -0.25) is 0 Å². The molecule has 0 fully saturated rings. The van der Waals surface area contributed by atoms with Gasteiger partial charge in [0.25, 0.3) is 0 Å². The van der Waals surface area contributed by atoms with Gasteiger partial charge in [0.2, 0.25) is 0 Å². The van der Waals surface area contributed by atoms with Crippen LogP contribution in [0.1, 0.15) is 12.0 Å². The van der Waals surface area contributed by atoms with Gasteiger partial charge < -0.3 is 10.1 Å². The number of aromatic amines is 1. The molecular weight excluding hydrogens is 188 g/mol. The second-order valence-corrected chi connectivity index (χ2v) is 3.42. The summed E-state index contributed by atoms with van der Waals surface area (Å²) in [6.45, 7) is 0.229. The molecule has 0 aliphatic carbocycles. The second-order valence-electron chi connectivity index (χ2n) is 3.42. The third-order valence-corrected chi connectivity index (χ3v) is 2.37. The third-order valence-electron chi connectivity index (χ3n) is 2.37. The zero-order valence-electron chi connectivity index (χ0n) is 8.48. The highest BCUT2D eigenvalue weighted by Crippen LogP contribution is 2.20. The molecule has 1 aromatic heterocycles. The standard InChI is InChI=1S/C12H14N2O/c15-9-3-5-10-4-1-2-6-11(10)12-13-7-8-14-12/h1-2,4,6-8,15H,3,5,9H2,(H,13,14). The largest absolute Gasteiger partial charge is 0.396 e. The van der Waals surface area contributed by atoms with Crippen LogP contribution in [0.3, 0.4) is 0 Å². The van der Waals surface area contributed by atoms with Crippen LogP contribution in [-0.4, -0.2) is 21.7 Å². The van der Waals surface area contributed by atoms with Crippen LogP contribution < -0.4 is 0 Å². The van der Waals surface area contributed by atoms with Crippen LogP contribution in [0.25, 0.3) is 11.4 Å². The maximum atomic E-state index is 8.83. The molecule has 78 valence electrons. The minimum atomic E-state index is 0.229. The monoisotopic (exact) mass is 202 g/mol. The summed E-state index contributed by atoms with van der Waals surface area (Å²) in [6, 6.07) is 8.14.